The van der Waals surface area contributed by atoms with E-state index in [9.17, 15) is 8.42 Å². The first kappa shape index (κ1) is 13.7. The third-order valence-electron chi connectivity index (χ3n) is 2.01. The molecule has 0 aliphatic heterocycles. The van der Waals surface area contributed by atoms with Crippen LogP contribution in [0.25, 0.3) is 0 Å². The van der Waals surface area contributed by atoms with Gasteiger partial charge in [-0.1, -0.05) is 31.9 Å². The van der Waals surface area contributed by atoms with Crippen molar-refractivity contribution in [3.05, 3.63) is 32.7 Å². The van der Waals surface area contributed by atoms with Crippen LogP contribution in [0, 0.1) is 11.3 Å². The van der Waals surface area contributed by atoms with Crippen molar-refractivity contribution < 1.29 is 8.42 Å². The lowest BCUT2D eigenvalue weighted by atomic mass is 10.2. The van der Waals surface area contributed by atoms with Crippen molar-refractivity contribution in [2.24, 2.45) is 0 Å². The topological polar surface area (TPSA) is 57.9 Å². The van der Waals surface area contributed by atoms with Crippen molar-refractivity contribution >= 4 is 41.7 Å². The quantitative estimate of drug-likeness (QED) is 0.825. The van der Waals surface area contributed by atoms with Crippen LogP contribution < -0.4 is 0 Å². The maximum absolute atomic E-state index is 11.7. The molecule has 0 amide bonds. The molecule has 0 aromatic heterocycles. The number of hydrogen-bond donors (Lipinski definition) is 0. The van der Waals surface area contributed by atoms with Gasteiger partial charge in [0.1, 0.15) is 5.25 Å². The third-order valence-corrected chi connectivity index (χ3v) is 4.84. The van der Waals surface area contributed by atoms with E-state index in [2.05, 4.69) is 31.9 Å². The van der Waals surface area contributed by atoms with E-state index in [-0.39, 0.29) is 5.75 Å². The van der Waals surface area contributed by atoms with Gasteiger partial charge in [0.2, 0.25) is 0 Å². The van der Waals surface area contributed by atoms with E-state index in [0.717, 1.165) is 8.95 Å². The molecule has 0 aliphatic rings. The summed E-state index contributed by atoms with van der Waals surface area (Å²) in [6.07, 6.45) is 0. The molecule has 0 aliphatic carbocycles. The highest BCUT2D eigenvalue weighted by Gasteiger charge is 2.20. The zero-order chi connectivity index (χ0) is 12.3. The molecule has 6 heteroatoms. The first-order chi connectivity index (χ1) is 7.35. The minimum atomic E-state index is -3.40. The fraction of sp³-hybridized carbons (Fsp3) is 0.300. The Kier molecular flexibility index (Phi) is 4.53. The van der Waals surface area contributed by atoms with Crippen LogP contribution in [0.2, 0.25) is 0 Å². The second-order valence-electron chi connectivity index (χ2n) is 3.36. The molecule has 86 valence electrons. The first-order valence-electron chi connectivity index (χ1n) is 4.41. The van der Waals surface area contributed by atoms with Gasteiger partial charge in [0, 0.05) is 8.95 Å². The molecule has 0 bridgehead atoms. The molecular weight excluding hydrogens is 358 g/mol. The van der Waals surface area contributed by atoms with E-state index >= 15 is 0 Å². The van der Waals surface area contributed by atoms with Crippen molar-refractivity contribution in [2.75, 3.05) is 0 Å². The number of hydrogen-bond acceptors (Lipinski definition) is 3. The Balaban J connectivity index is 3.02. The second kappa shape index (κ2) is 5.30. The maximum Gasteiger partial charge on any atom is 0.170 e. The zero-order valence-electron chi connectivity index (χ0n) is 8.44. The second-order valence-corrected chi connectivity index (χ2v) is 7.51. The Bertz CT molecular complexity index is 514. The highest BCUT2D eigenvalue weighted by atomic mass is 79.9. The predicted molar refractivity (Wildman–Crippen MR) is 69.5 cm³/mol. The van der Waals surface area contributed by atoms with Gasteiger partial charge in [-0.3, -0.25) is 0 Å². The number of rotatable bonds is 3. The van der Waals surface area contributed by atoms with E-state index in [0.29, 0.717) is 5.56 Å². The molecule has 3 nitrogen and oxygen atoms in total. The highest BCUT2D eigenvalue weighted by Crippen LogP contribution is 2.22. The van der Waals surface area contributed by atoms with Gasteiger partial charge >= 0.3 is 0 Å². The summed E-state index contributed by atoms with van der Waals surface area (Å²) >= 11 is 6.57. The lowest BCUT2D eigenvalue weighted by molar-refractivity contribution is 0.591. The average molecular weight is 367 g/mol. The smallest absolute Gasteiger partial charge is 0.170 e. The molecule has 0 spiro atoms. The fourth-order valence-electron chi connectivity index (χ4n) is 1.13. The van der Waals surface area contributed by atoms with Gasteiger partial charge in [-0.2, -0.15) is 5.26 Å². The van der Waals surface area contributed by atoms with Crippen LogP contribution in [0.1, 0.15) is 12.5 Å². The number of halogens is 2. The predicted octanol–water partition coefficient (Wildman–Crippen LogP) is 3.04. The number of nitriles is 1. The van der Waals surface area contributed by atoms with Crippen molar-refractivity contribution in [3.8, 4) is 6.07 Å². The van der Waals surface area contributed by atoms with Crippen LogP contribution in [-0.4, -0.2) is 13.7 Å². The molecule has 0 N–H and O–H groups in total. The summed E-state index contributed by atoms with van der Waals surface area (Å²) < 4.78 is 25.0. The van der Waals surface area contributed by atoms with Gasteiger partial charge < -0.3 is 0 Å². The summed E-state index contributed by atoms with van der Waals surface area (Å²) in [5.41, 5.74) is 0.656. The Morgan fingerprint density at radius 2 is 1.81 bits per heavy atom. The molecule has 0 radical (unpaired) electrons. The largest absolute Gasteiger partial charge is 0.227 e. The first-order valence-corrected chi connectivity index (χ1v) is 7.71. The number of sulfone groups is 1. The summed E-state index contributed by atoms with van der Waals surface area (Å²) in [7, 11) is -3.40. The molecule has 0 heterocycles. The van der Waals surface area contributed by atoms with Crippen molar-refractivity contribution in [3.63, 3.8) is 0 Å². The normalized spacial score (nSPS) is 13.1. The SMILES string of the molecule is CC(C#N)S(=O)(=O)Cc1cc(Br)cc(Br)c1. The minimum absolute atomic E-state index is 0.125. The lowest BCUT2D eigenvalue weighted by Crippen LogP contribution is -2.17. The van der Waals surface area contributed by atoms with E-state index in [1.54, 1.807) is 18.2 Å². The summed E-state index contributed by atoms with van der Waals surface area (Å²) in [5, 5.41) is 7.63. The van der Waals surface area contributed by atoms with Gasteiger partial charge in [-0.25, -0.2) is 8.42 Å². The van der Waals surface area contributed by atoms with E-state index < -0.39 is 15.1 Å². The molecule has 0 saturated heterocycles. The van der Waals surface area contributed by atoms with Gasteiger partial charge in [0.05, 0.1) is 11.8 Å². The molecule has 1 rings (SSSR count). The van der Waals surface area contributed by atoms with Gasteiger partial charge in [-0.15, -0.1) is 0 Å². The maximum atomic E-state index is 11.7. The summed E-state index contributed by atoms with van der Waals surface area (Å²) in [6, 6.07) is 7.02. The van der Waals surface area contributed by atoms with E-state index in [1.807, 2.05) is 6.07 Å². The Labute approximate surface area is 112 Å². The van der Waals surface area contributed by atoms with Gasteiger partial charge in [0.25, 0.3) is 0 Å². The molecule has 1 atom stereocenters. The highest BCUT2D eigenvalue weighted by molar-refractivity contribution is 9.11. The van der Waals surface area contributed by atoms with E-state index in [1.165, 1.54) is 6.92 Å². The Morgan fingerprint density at radius 1 is 1.31 bits per heavy atom. The molecule has 0 saturated carbocycles. The van der Waals surface area contributed by atoms with Crippen molar-refractivity contribution in [1.82, 2.24) is 0 Å². The Hall–Kier alpha value is -0.380. The van der Waals surface area contributed by atoms with Crippen LogP contribution in [0.15, 0.2) is 27.1 Å². The van der Waals surface area contributed by atoms with Crippen molar-refractivity contribution in [1.29, 1.82) is 5.26 Å². The summed E-state index contributed by atoms with van der Waals surface area (Å²) in [5.74, 6) is -0.125. The van der Waals surface area contributed by atoms with Crippen LogP contribution >= 0.6 is 31.9 Å². The lowest BCUT2D eigenvalue weighted by Gasteiger charge is -2.06. The van der Waals surface area contributed by atoms with E-state index in [4.69, 9.17) is 5.26 Å². The monoisotopic (exact) mass is 365 g/mol. The summed E-state index contributed by atoms with van der Waals surface area (Å²) in [4.78, 5) is 0. The fourth-order valence-corrected chi connectivity index (χ4v) is 3.56. The minimum Gasteiger partial charge on any atom is -0.227 e. The molecule has 1 aromatic rings. The zero-order valence-corrected chi connectivity index (χ0v) is 12.4. The van der Waals surface area contributed by atoms with Gasteiger partial charge in [0.15, 0.2) is 9.84 Å². The van der Waals surface area contributed by atoms with Crippen molar-refractivity contribution in [2.45, 2.75) is 17.9 Å². The summed E-state index contributed by atoms with van der Waals surface area (Å²) in [6.45, 7) is 1.39. The molecule has 1 unspecified atom stereocenters. The molecule has 16 heavy (non-hydrogen) atoms. The Morgan fingerprint density at radius 3 is 2.25 bits per heavy atom. The van der Waals surface area contributed by atoms with Crippen LogP contribution in [0.3, 0.4) is 0 Å². The standard InChI is InChI=1S/C10H9Br2NO2S/c1-7(5-13)16(14,15)6-8-2-9(11)4-10(12)3-8/h2-4,7H,6H2,1H3. The molecule has 0 fully saturated rings. The number of nitrogens with zero attached hydrogens (tertiary/aromatic N) is 1. The van der Waals surface area contributed by atoms with Crippen LogP contribution in [0.5, 0.6) is 0 Å². The average Bonchev–Trinajstić information content (AvgIpc) is 2.13. The van der Waals surface area contributed by atoms with Gasteiger partial charge in [-0.05, 0) is 30.7 Å². The number of benzene rings is 1. The van der Waals surface area contributed by atoms with Crippen LogP contribution in [0.4, 0.5) is 0 Å². The van der Waals surface area contributed by atoms with Crippen LogP contribution in [-0.2, 0) is 15.6 Å². The third kappa shape index (κ3) is 3.58. The molecular formula is C10H9Br2NO2S. The molecule has 1 aromatic carbocycles.